The second-order valence-corrected chi connectivity index (χ2v) is 7.17. The van der Waals surface area contributed by atoms with Crippen molar-refractivity contribution >= 4 is 17.8 Å². The third kappa shape index (κ3) is 6.27. The van der Waals surface area contributed by atoms with Crippen LogP contribution in [-0.4, -0.2) is 41.0 Å². The number of nitrogens with one attached hydrogen (secondary N) is 1. The van der Waals surface area contributed by atoms with Crippen LogP contribution in [0.3, 0.4) is 0 Å². The molecule has 1 aromatic rings. The molecular formula is C16H31N7O. The van der Waals surface area contributed by atoms with Crippen molar-refractivity contribution in [2.75, 3.05) is 24.7 Å². The molecule has 1 heterocycles. The van der Waals surface area contributed by atoms with Gasteiger partial charge in [-0.15, -0.1) is 0 Å². The Morgan fingerprint density at radius 3 is 2.17 bits per heavy atom. The Bertz CT molecular complexity index is 545. The average molecular weight is 337 g/mol. The highest BCUT2D eigenvalue weighted by molar-refractivity contribution is 5.81. The molecular weight excluding hydrogens is 306 g/mol. The molecule has 1 aromatic heterocycles. The highest BCUT2D eigenvalue weighted by Crippen LogP contribution is 2.20. The summed E-state index contributed by atoms with van der Waals surface area (Å²) < 4.78 is 0. The number of anilines is 2. The molecule has 2 atom stereocenters. The lowest BCUT2D eigenvalue weighted by Crippen LogP contribution is -2.43. The van der Waals surface area contributed by atoms with E-state index in [1.807, 2.05) is 27.9 Å². The smallest absolute Gasteiger partial charge is 0.237 e. The first kappa shape index (κ1) is 20.1. The molecule has 0 aliphatic heterocycles. The van der Waals surface area contributed by atoms with E-state index in [2.05, 4.69) is 34.1 Å². The summed E-state index contributed by atoms with van der Waals surface area (Å²) in [5.74, 6) is 1.56. The van der Waals surface area contributed by atoms with Crippen LogP contribution in [0.5, 0.6) is 0 Å². The maximum absolute atomic E-state index is 12.4. The van der Waals surface area contributed by atoms with Gasteiger partial charge >= 0.3 is 0 Å². The molecule has 0 saturated heterocycles. The minimum atomic E-state index is -0.549. The fourth-order valence-electron chi connectivity index (χ4n) is 2.35. The number of carbonyl (C=O) groups is 1. The summed E-state index contributed by atoms with van der Waals surface area (Å²) in [6, 6.07) is -0.896. The van der Waals surface area contributed by atoms with Gasteiger partial charge in [0.1, 0.15) is 0 Å². The summed E-state index contributed by atoms with van der Waals surface area (Å²) in [4.78, 5) is 26.9. The van der Waals surface area contributed by atoms with E-state index in [1.165, 1.54) is 0 Å². The molecule has 0 radical (unpaired) electrons. The van der Waals surface area contributed by atoms with Gasteiger partial charge in [-0.05, 0) is 24.7 Å². The van der Waals surface area contributed by atoms with Gasteiger partial charge in [0.15, 0.2) is 5.82 Å². The zero-order valence-electron chi connectivity index (χ0n) is 15.6. The van der Waals surface area contributed by atoms with Crippen molar-refractivity contribution in [3.8, 4) is 0 Å². The Balaban J connectivity index is 3.03. The van der Waals surface area contributed by atoms with Gasteiger partial charge in [-0.25, -0.2) is 0 Å². The normalized spacial score (nSPS) is 13.9. The first-order valence-corrected chi connectivity index (χ1v) is 8.34. The number of nitrogens with two attached hydrogens (primary N) is 2. The maximum atomic E-state index is 12.4. The molecule has 2 unspecified atom stereocenters. The lowest BCUT2D eigenvalue weighted by Gasteiger charge is -2.23. The number of aromatic nitrogens is 3. The number of nitrogens with zero attached hydrogens (tertiary/aromatic N) is 4. The third-order valence-corrected chi connectivity index (χ3v) is 3.46. The average Bonchev–Trinajstić information content (AvgIpc) is 2.44. The van der Waals surface area contributed by atoms with Crippen LogP contribution in [0.15, 0.2) is 0 Å². The molecule has 8 nitrogen and oxygen atoms in total. The van der Waals surface area contributed by atoms with Crippen LogP contribution in [0, 0.1) is 11.8 Å². The fourth-order valence-corrected chi connectivity index (χ4v) is 2.35. The summed E-state index contributed by atoms with van der Waals surface area (Å²) in [7, 11) is 3.65. The van der Waals surface area contributed by atoms with Crippen molar-refractivity contribution in [3.05, 3.63) is 5.82 Å². The Morgan fingerprint density at radius 2 is 1.67 bits per heavy atom. The first-order valence-electron chi connectivity index (χ1n) is 8.34. The van der Waals surface area contributed by atoms with Crippen molar-refractivity contribution in [3.63, 3.8) is 0 Å². The van der Waals surface area contributed by atoms with Gasteiger partial charge in [0, 0.05) is 14.1 Å². The molecule has 0 saturated carbocycles. The molecule has 0 bridgehead atoms. The maximum Gasteiger partial charge on any atom is 0.237 e. The highest BCUT2D eigenvalue weighted by atomic mass is 16.2. The summed E-state index contributed by atoms with van der Waals surface area (Å²) in [6.45, 7) is 8.22. The van der Waals surface area contributed by atoms with E-state index >= 15 is 0 Å². The fraction of sp³-hybridized carbons (Fsp3) is 0.750. The van der Waals surface area contributed by atoms with Crippen molar-refractivity contribution in [2.24, 2.45) is 17.6 Å². The molecule has 8 heteroatoms. The Hall–Kier alpha value is -1.96. The Kier molecular flexibility index (Phi) is 7.34. The predicted molar refractivity (Wildman–Crippen MR) is 96.3 cm³/mol. The standard InChI is InChI=1S/C16H31N7O/c1-9(2)7-11(17)14(24)19-12(8-10(3)4)13-20-15(18)22-16(21-13)23(5)6/h9-12H,7-8,17H2,1-6H3,(H,19,24)(H2,18,20,21,22). The molecule has 0 aromatic carbocycles. The Labute approximate surface area is 144 Å². The van der Waals surface area contributed by atoms with Crippen molar-refractivity contribution in [1.29, 1.82) is 0 Å². The van der Waals surface area contributed by atoms with Crippen LogP contribution in [0.2, 0.25) is 0 Å². The highest BCUT2D eigenvalue weighted by Gasteiger charge is 2.24. The summed E-state index contributed by atoms with van der Waals surface area (Å²) in [6.07, 6.45) is 1.32. The summed E-state index contributed by atoms with van der Waals surface area (Å²) in [5, 5.41) is 2.97. The zero-order chi connectivity index (χ0) is 18.4. The minimum absolute atomic E-state index is 0.137. The second kappa shape index (κ2) is 8.77. The third-order valence-electron chi connectivity index (χ3n) is 3.46. The van der Waals surface area contributed by atoms with E-state index in [9.17, 15) is 4.79 Å². The van der Waals surface area contributed by atoms with Gasteiger partial charge in [0.05, 0.1) is 12.1 Å². The molecule has 0 aliphatic rings. The van der Waals surface area contributed by atoms with Crippen molar-refractivity contribution < 1.29 is 4.79 Å². The minimum Gasteiger partial charge on any atom is -0.368 e. The van der Waals surface area contributed by atoms with Gasteiger partial charge in [-0.2, -0.15) is 15.0 Å². The van der Waals surface area contributed by atoms with Crippen molar-refractivity contribution in [2.45, 2.75) is 52.6 Å². The van der Waals surface area contributed by atoms with Gasteiger partial charge in [0.2, 0.25) is 17.8 Å². The van der Waals surface area contributed by atoms with Crippen LogP contribution in [0.1, 0.15) is 52.4 Å². The molecule has 0 spiro atoms. The molecule has 5 N–H and O–H groups in total. The number of carbonyl (C=O) groups excluding carboxylic acids is 1. The van der Waals surface area contributed by atoms with Crippen molar-refractivity contribution in [1.82, 2.24) is 20.3 Å². The van der Waals surface area contributed by atoms with Gasteiger partial charge in [0.25, 0.3) is 0 Å². The van der Waals surface area contributed by atoms with Crippen LogP contribution in [0.4, 0.5) is 11.9 Å². The van der Waals surface area contributed by atoms with Crippen LogP contribution in [0.25, 0.3) is 0 Å². The SMILES string of the molecule is CC(C)CC(N)C(=O)NC(CC(C)C)c1nc(N)nc(N(C)C)n1. The van der Waals surface area contributed by atoms with E-state index in [-0.39, 0.29) is 17.9 Å². The topological polar surface area (TPSA) is 123 Å². The lowest BCUT2D eigenvalue weighted by atomic mass is 10.0. The van der Waals surface area contributed by atoms with Gasteiger partial charge in [-0.3, -0.25) is 4.79 Å². The summed E-state index contributed by atoms with van der Waals surface area (Å²) >= 11 is 0. The molecule has 1 rings (SSSR count). The van der Waals surface area contributed by atoms with Gasteiger partial charge in [-0.1, -0.05) is 27.7 Å². The summed E-state index contributed by atoms with van der Waals surface area (Å²) in [5.41, 5.74) is 11.8. The molecule has 24 heavy (non-hydrogen) atoms. The van der Waals surface area contributed by atoms with E-state index < -0.39 is 6.04 Å². The van der Waals surface area contributed by atoms with Gasteiger partial charge < -0.3 is 21.7 Å². The van der Waals surface area contributed by atoms with E-state index in [1.54, 1.807) is 4.90 Å². The van der Waals surface area contributed by atoms with Crippen LogP contribution >= 0.6 is 0 Å². The lowest BCUT2D eigenvalue weighted by molar-refractivity contribution is -0.123. The van der Waals surface area contributed by atoms with E-state index in [0.29, 0.717) is 36.5 Å². The molecule has 136 valence electrons. The van der Waals surface area contributed by atoms with Crippen LogP contribution in [-0.2, 0) is 4.79 Å². The molecule has 0 aliphatic carbocycles. The zero-order valence-corrected chi connectivity index (χ0v) is 15.6. The Morgan fingerprint density at radius 1 is 1.08 bits per heavy atom. The number of hydrogen-bond acceptors (Lipinski definition) is 7. The van der Waals surface area contributed by atoms with E-state index in [4.69, 9.17) is 11.5 Å². The quantitative estimate of drug-likeness (QED) is 0.649. The molecule has 0 fully saturated rings. The van der Waals surface area contributed by atoms with Crippen LogP contribution < -0.4 is 21.7 Å². The predicted octanol–water partition coefficient (Wildman–Crippen LogP) is 1.10. The monoisotopic (exact) mass is 337 g/mol. The number of rotatable bonds is 8. The van der Waals surface area contributed by atoms with E-state index in [0.717, 1.165) is 0 Å². The largest absolute Gasteiger partial charge is 0.368 e. The molecule has 1 amide bonds. The second-order valence-electron chi connectivity index (χ2n) is 7.17. The first-order chi connectivity index (χ1) is 11.1. The number of nitrogen functional groups attached to an aromatic ring is 1. The number of hydrogen-bond donors (Lipinski definition) is 3. The number of amides is 1.